The highest BCUT2D eigenvalue weighted by molar-refractivity contribution is 5.88. The Morgan fingerprint density at radius 1 is 1.42 bits per heavy atom. The number of aromatic amines is 1. The third-order valence-corrected chi connectivity index (χ3v) is 4.03. The molecule has 2 heterocycles. The number of aromatic nitrogens is 2. The van der Waals surface area contributed by atoms with Crippen LogP contribution >= 0.6 is 0 Å². The van der Waals surface area contributed by atoms with Crippen LogP contribution < -0.4 is 10.6 Å². The zero-order valence-corrected chi connectivity index (χ0v) is 13.7. The molecule has 1 unspecified atom stereocenters. The summed E-state index contributed by atoms with van der Waals surface area (Å²) < 4.78 is 5.41. The fourth-order valence-corrected chi connectivity index (χ4v) is 2.80. The Bertz CT molecular complexity index is 741. The first-order valence-electron chi connectivity index (χ1n) is 8.22. The zero-order valence-electron chi connectivity index (χ0n) is 13.7. The van der Waals surface area contributed by atoms with Crippen molar-refractivity contribution in [3.05, 3.63) is 29.6 Å². The minimum atomic E-state index is -0.460. The molecule has 0 spiro atoms. The number of nitrogens with zero attached hydrogens (tertiary/aromatic N) is 1. The van der Waals surface area contributed by atoms with Gasteiger partial charge in [0.05, 0.1) is 11.0 Å². The quantitative estimate of drug-likeness (QED) is 0.767. The molecule has 1 atom stereocenters. The number of rotatable bonds is 5. The largest absolute Gasteiger partial charge is 0.364 e. The first-order chi connectivity index (χ1) is 11.6. The van der Waals surface area contributed by atoms with Gasteiger partial charge in [-0.05, 0) is 43.9 Å². The lowest BCUT2D eigenvalue weighted by Gasteiger charge is -2.14. The summed E-state index contributed by atoms with van der Waals surface area (Å²) in [5, 5.41) is 5.51. The van der Waals surface area contributed by atoms with Crippen molar-refractivity contribution in [2.45, 2.75) is 38.8 Å². The van der Waals surface area contributed by atoms with E-state index in [0.29, 0.717) is 18.8 Å². The molecule has 0 radical (unpaired) electrons. The van der Waals surface area contributed by atoms with Crippen LogP contribution in [0.4, 0.5) is 0 Å². The number of H-pyrrole nitrogens is 1. The van der Waals surface area contributed by atoms with Crippen molar-refractivity contribution >= 4 is 22.8 Å². The molecule has 24 heavy (non-hydrogen) atoms. The summed E-state index contributed by atoms with van der Waals surface area (Å²) in [7, 11) is 0. The maximum Gasteiger partial charge on any atom is 0.246 e. The average Bonchev–Trinajstić information content (AvgIpc) is 2.83. The van der Waals surface area contributed by atoms with E-state index < -0.39 is 6.04 Å². The van der Waals surface area contributed by atoms with E-state index in [1.54, 1.807) is 0 Å². The summed E-state index contributed by atoms with van der Waals surface area (Å²) in [5.74, 6) is 0.271. The number of aryl methyl sites for hydroxylation is 1. The Hall–Kier alpha value is -2.41. The van der Waals surface area contributed by atoms with Crippen LogP contribution in [0.2, 0.25) is 0 Å². The molecule has 0 saturated carbocycles. The minimum absolute atomic E-state index is 0.0974. The summed E-state index contributed by atoms with van der Waals surface area (Å²) in [6.07, 6.45) is 2.53. The Morgan fingerprint density at radius 2 is 2.29 bits per heavy atom. The van der Waals surface area contributed by atoms with Gasteiger partial charge in [-0.15, -0.1) is 0 Å². The number of carbonyl (C=O) groups is 2. The molecule has 2 amide bonds. The Balaban J connectivity index is 1.48. The van der Waals surface area contributed by atoms with Crippen LogP contribution in [0.1, 0.15) is 30.7 Å². The number of amides is 2. The molecule has 2 aromatic rings. The molecule has 0 bridgehead atoms. The second kappa shape index (κ2) is 7.44. The van der Waals surface area contributed by atoms with Gasteiger partial charge in [-0.2, -0.15) is 0 Å². The van der Waals surface area contributed by atoms with E-state index in [0.717, 1.165) is 29.4 Å². The van der Waals surface area contributed by atoms with Crippen molar-refractivity contribution in [2.24, 2.45) is 0 Å². The summed E-state index contributed by atoms with van der Waals surface area (Å²) in [6, 6.07) is 5.50. The topological polar surface area (TPSA) is 96.1 Å². The number of hydrogen-bond acceptors (Lipinski definition) is 4. The number of carbonyl (C=O) groups excluding carboxylic acids is 2. The van der Waals surface area contributed by atoms with Gasteiger partial charge in [-0.25, -0.2) is 4.98 Å². The lowest BCUT2D eigenvalue weighted by Crippen LogP contribution is -2.46. The normalized spacial score (nSPS) is 18.2. The number of fused-ring (bicyclic) bond motifs is 1. The van der Waals surface area contributed by atoms with Crippen LogP contribution in [-0.2, 0) is 20.9 Å². The minimum Gasteiger partial charge on any atom is -0.364 e. The predicted molar refractivity (Wildman–Crippen MR) is 89.3 cm³/mol. The van der Waals surface area contributed by atoms with Crippen molar-refractivity contribution in [1.82, 2.24) is 20.6 Å². The molecule has 1 aromatic heterocycles. The molecule has 128 valence electrons. The van der Waals surface area contributed by atoms with Gasteiger partial charge in [-0.1, -0.05) is 6.07 Å². The SMILES string of the molecule is Cc1ccc2nc(COCC(=O)NC3CCCCNC3=O)[nH]c2c1. The highest BCUT2D eigenvalue weighted by Gasteiger charge is 2.22. The average molecular weight is 330 g/mol. The number of imidazole rings is 1. The van der Waals surface area contributed by atoms with Crippen LogP contribution in [0.5, 0.6) is 0 Å². The van der Waals surface area contributed by atoms with Crippen molar-refractivity contribution in [3.8, 4) is 0 Å². The van der Waals surface area contributed by atoms with Gasteiger partial charge in [0.2, 0.25) is 11.8 Å². The highest BCUT2D eigenvalue weighted by Crippen LogP contribution is 2.13. The van der Waals surface area contributed by atoms with Gasteiger partial charge in [-0.3, -0.25) is 9.59 Å². The van der Waals surface area contributed by atoms with E-state index in [1.165, 1.54) is 0 Å². The monoisotopic (exact) mass is 330 g/mol. The van der Waals surface area contributed by atoms with Gasteiger partial charge in [0, 0.05) is 6.54 Å². The number of benzene rings is 1. The highest BCUT2D eigenvalue weighted by atomic mass is 16.5. The lowest BCUT2D eigenvalue weighted by molar-refractivity contribution is -0.131. The van der Waals surface area contributed by atoms with Gasteiger partial charge in [0.1, 0.15) is 25.1 Å². The molecular formula is C17H22N4O3. The van der Waals surface area contributed by atoms with E-state index in [2.05, 4.69) is 20.6 Å². The van der Waals surface area contributed by atoms with E-state index in [4.69, 9.17) is 4.74 Å². The molecule has 1 aliphatic heterocycles. The van der Waals surface area contributed by atoms with Crippen molar-refractivity contribution in [2.75, 3.05) is 13.2 Å². The van der Waals surface area contributed by atoms with Crippen LogP contribution in [0, 0.1) is 6.92 Å². The molecule has 3 N–H and O–H groups in total. The van der Waals surface area contributed by atoms with Crippen LogP contribution in [0.3, 0.4) is 0 Å². The van der Waals surface area contributed by atoms with Gasteiger partial charge in [0.15, 0.2) is 0 Å². The van der Waals surface area contributed by atoms with Crippen LogP contribution in [-0.4, -0.2) is 41.0 Å². The standard InChI is InChI=1S/C17H22N4O3/c1-11-5-6-12-14(8-11)20-15(19-12)9-24-10-16(22)21-13-4-2-3-7-18-17(13)23/h5-6,8,13H,2-4,7,9-10H2,1H3,(H,18,23)(H,19,20)(H,21,22). The first kappa shape index (κ1) is 16.4. The summed E-state index contributed by atoms with van der Waals surface area (Å²) in [5.41, 5.74) is 2.98. The molecule has 1 saturated heterocycles. The van der Waals surface area contributed by atoms with Crippen molar-refractivity contribution in [1.29, 1.82) is 0 Å². The molecule has 7 heteroatoms. The Morgan fingerprint density at radius 3 is 3.17 bits per heavy atom. The van der Waals surface area contributed by atoms with Crippen molar-refractivity contribution in [3.63, 3.8) is 0 Å². The summed E-state index contributed by atoms with van der Waals surface area (Å²) >= 11 is 0. The molecule has 3 rings (SSSR count). The fraction of sp³-hybridized carbons (Fsp3) is 0.471. The van der Waals surface area contributed by atoms with Crippen molar-refractivity contribution < 1.29 is 14.3 Å². The van der Waals surface area contributed by atoms with E-state index >= 15 is 0 Å². The fourth-order valence-electron chi connectivity index (χ4n) is 2.80. The first-order valence-corrected chi connectivity index (χ1v) is 8.22. The molecule has 0 aliphatic carbocycles. The maximum absolute atomic E-state index is 11.9. The third kappa shape index (κ3) is 4.11. The third-order valence-electron chi connectivity index (χ3n) is 4.03. The van der Waals surface area contributed by atoms with Gasteiger partial charge in [0.25, 0.3) is 0 Å². The second-order valence-corrected chi connectivity index (χ2v) is 6.10. The second-order valence-electron chi connectivity index (χ2n) is 6.10. The predicted octanol–water partition coefficient (Wildman–Crippen LogP) is 1.17. The zero-order chi connectivity index (χ0) is 16.9. The summed E-state index contributed by atoms with van der Waals surface area (Å²) in [6.45, 7) is 2.82. The van der Waals surface area contributed by atoms with E-state index in [-0.39, 0.29) is 25.0 Å². The number of hydrogen-bond donors (Lipinski definition) is 3. The van der Waals surface area contributed by atoms with Crippen LogP contribution in [0.25, 0.3) is 11.0 Å². The van der Waals surface area contributed by atoms with Crippen LogP contribution in [0.15, 0.2) is 18.2 Å². The molecule has 1 aliphatic rings. The molecular weight excluding hydrogens is 308 g/mol. The van der Waals surface area contributed by atoms with E-state index in [1.807, 2.05) is 25.1 Å². The Labute approximate surface area is 140 Å². The molecule has 1 fully saturated rings. The smallest absolute Gasteiger partial charge is 0.246 e. The number of ether oxygens (including phenoxy) is 1. The maximum atomic E-state index is 11.9. The van der Waals surface area contributed by atoms with Gasteiger partial charge >= 0.3 is 0 Å². The summed E-state index contributed by atoms with van der Waals surface area (Å²) in [4.78, 5) is 31.3. The van der Waals surface area contributed by atoms with E-state index in [9.17, 15) is 9.59 Å². The Kier molecular flexibility index (Phi) is 5.10. The molecule has 7 nitrogen and oxygen atoms in total. The molecule has 1 aromatic carbocycles. The lowest BCUT2D eigenvalue weighted by atomic mass is 10.1. The number of nitrogens with one attached hydrogen (secondary N) is 3. The van der Waals surface area contributed by atoms with Gasteiger partial charge < -0.3 is 20.4 Å².